The van der Waals surface area contributed by atoms with E-state index in [0.29, 0.717) is 16.9 Å². The van der Waals surface area contributed by atoms with Crippen molar-refractivity contribution < 1.29 is 13.5 Å². The molecule has 0 unspecified atom stereocenters. The molecule has 0 aliphatic carbocycles. The van der Waals surface area contributed by atoms with E-state index in [4.69, 9.17) is 0 Å². The lowest BCUT2D eigenvalue weighted by molar-refractivity contribution is 0.476. The zero-order valence-corrected chi connectivity index (χ0v) is 16.6. The van der Waals surface area contributed by atoms with Gasteiger partial charge in [-0.25, -0.2) is 13.1 Å². The third kappa shape index (κ3) is 3.91. The summed E-state index contributed by atoms with van der Waals surface area (Å²) in [7, 11) is -3.44. The quantitative estimate of drug-likeness (QED) is 0.643. The van der Waals surface area contributed by atoms with Crippen LogP contribution in [0.3, 0.4) is 0 Å². The van der Waals surface area contributed by atoms with Crippen molar-refractivity contribution in [2.45, 2.75) is 24.7 Å². The zero-order chi connectivity index (χ0) is 20.5. The first-order valence-corrected chi connectivity index (χ1v) is 10.5. The highest BCUT2D eigenvalue weighted by Crippen LogP contribution is 2.29. The van der Waals surface area contributed by atoms with Crippen molar-refractivity contribution in [1.82, 2.24) is 9.78 Å². The van der Waals surface area contributed by atoms with Crippen molar-refractivity contribution in [2.75, 3.05) is 6.26 Å². The number of phenolic OH excluding ortho intramolecular Hbond substituents is 1. The fraction of sp³-hybridized carbons (Fsp3) is 0.200. The second-order valence-electron chi connectivity index (χ2n) is 6.75. The Morgan fingerprint density at radius 1 is 1.14 bits per heavy atom. The number of aliphatic imine (C=N–C) groups is 1. The number of aromatic nitrogens is 2. The van der Waals surface area contributed by atoms with Crippen LogP contribution in [-0.2, 0) is 9.84 Å². The Morgan fingerprint density at radius 3 is 2.43 bits per heavy atom. The summed E-state index contributed by atoms with van der Waals surface area (Å²) in [6, 6.07) is 13.0. The van der Waals surface area contributed by atoms with Gasteiger partial charge in [-0.1, -0.05) is 32.0 Å². The van der Waals surface area contributed by atoms with Crippen LogP contribution >= 0.6 is 0 Å². The molecule has 0 aliphatic heterocycles. The van der Waals surface area contributed by atoms with Gasteiger partial charge < -0.3 is 5.11 Å². The molecule has 0 saturated carbocycles. The van der Waals surface area contributed by atoms with Gasteiger partial charge in [0.2, 0.25) is 0 Å². The Kier molecular flexibility index (Phi) is 5.24. The summed E-state index contributed by atoms with van der Waals surface area (Å²) in [5, 5.41) is 13.1. The highest BCUT2D eigenvalue weighted by molar-refractivity contribution is 7.90. The third-order valence-electron chi connectivity index (χ3n) is 4.26. The minimum absolute atomic E-state index is 0.0232. The van der Waals surface area contributed by atoms with Crippen LogP contribution in [0.2, 0.25) is 0 Å². The number of sulfone groups is 1. The number of aromatic hydroxyl groups is 1. The summed E-state index contributed by atoms with van der Waals surface area (Å²) >= 11 is 0. The maximum atomic E-state index is 12.9. The molecule has 0 amide bonds. The smallest absolute Gasteiger partial charge is 0.280 e. The van der Waals surface area contributed by atoms with E-state index < -0.39 is 9.84 Å². The van der Waals surface area contributed by atoms with Crippen LogP contribution in [0.1, 0.15) is 31.0 Å². The third-order valence-corrected chi connectivity index (χ3v) is 5.37. The molecule has 2 N–H and O–H groups in total. The number of H-pyrrole nitrogens is 1. The SMILES string of the molecule is CC(C)c1[nH]n(-c2ccccc2)c(=O)c1C=Nc1cc(S(C)(=O)=O)ccc1O. The van der Waals surface area contributed by atoms with Gasteiger partial charge >= 0.3 is 0 Å². The predicted molar refractivity (Wildman–Crippen MR) is 109 cm³/mol. The molecular weight excluding hydrogens is 378 g/mol. The topological polar surface area (TPSA) is 105 Å². The van der Waals surface area contributed by atoms with E-state index in [1.54, 1.807) is 0 Å². The van der Waals surface area contributed by atoms with Crippen molar-refractivity contribution in [3.63, 3.8) is 0 Å². The molecule has 146 valence electrons. The van der Waals surface area contributed by atoms with Crippen LogP contribution in [0.25, 0.3) is 5.69 Å². The van der Waals surface area contributed by atoms with Crippen LogP contribution < -0.4 is 5.56 Å². The average molecular weight is 399 g/mol. The predicted octanol–water partition coefficient (Wildman–Crippen LogP) is 3.15. The summed E-state index contributed by atoms with van der Waals surface area (Å²) in [6.07, 6.45) is 2.43. The number of benzene rings is 2. The number of hydrogen-bond acceptors (Lipinski definition) is 5. The molecule has 0 bridgehead atoms. The molecular formula is C20H21N3O4S. The maximum Gasteiger partial charge on any atom is 0.280 e. The number of phenols is 1. The Morgan fingerprint density at radius 2 is 1.82 bits per heavy atom. The van der Waals surface area contributed by atoms with Crippen LogP contribution in [0, 0.1) is 0 Å². The molecule has 0 radical (unpaired) electrons. The van der Waals surface area contributed by atoms with Crippen molar-refractivity contribution in [3.05, 3.63) is 70.1 Å². The van der Waals surface area contributed by atoms with Crippen LogP contribution in [0.4, 0.5) is 5.69 Å². The molecule has 0 aliphatic rings. The minimum Gasteiger partial charge on any atom is -0.506 e. The highest BCUT2D eigenvalue weighted by Gasteiger charge is 2.17. The fourth-order valence-corrected chi connectivity index (χ4v) is 3.40. The van der Waals surface area contributed by atoms with Gasteiger partial charge in [0.15, 0.2) is 9.84 Å². The number of nitrogens with one attached hydrogen (secondary N) is 1. The fourth-order valence-electron chi connectivity index (χ4n) is 2.76. The number of rotatable bonds is 5. The van der Waals surface area contributed by atoms with Gasteiger partial charge in [0.05, 0.1) is 16.1 Å². The van der Waals surface area contributed by atoms with E-state index in [1.807, 2.05) is 44.2 Å². The average Bonchev–Trinajstić information content (AvgIpc) is 2.97. The Labute approximate surface area is 162 Å². The van der Waals surface area contributed by atoms with Gasteiger partial charge in [0.1, 0.15) is 11.4 Å². The largest absolute Gasteiger partial charge is 0.506 e. The molecule has 2 aromatic carbocycles. The molecule has 0 fully saturated rings. The number of nitrogens with zero attached hydrogens (tertiary/aromatic N) is 2. The van der Waals surface area contributed by atoms with Crippen molar-refractivity contribution in [2.24, 2.45) is 4.99 Å². The van der Waals surface area contributed by atoms with Gasteiger partial charge in [-0.3, -0.25) is 14.9 Å². The normalized spacial score (nSPS) is 12.1. The zero-order valence-electron chi connectivity index (χ0n) is 15.7. The summed E-state index contributed by atoms with van der Waals surface area (Å²) in [4.78, 5) is 17.1. The molecule has 1 heterocycles. The first-order valence-electron chi connectivity index (χ1n) is 8.66. The molecule has 0 saturated heterocycles. The summed E-state index contributed by atoms with van der Waals surface area (Å²) in [5.74, 6) is -0.149. The molecule has 7 nitrogen and oxygen atoms in total. The summed E-state index contributed by atoms with van der Waals surface area (Å²) in [5.41, 5.74) is 1.53. The van der Waals surface area contributed by atoms with Gasteiger partial charge in [-0.05, 0) is 36.2 Å². The van der Waals surface area contributed by atoms with E-state index in [2.05, 4.69) is 10.1 Å². The van der Waals surface area contributed by atoms with Crippen LogP contribution in [-0.4, -0.2) is 35.8 Å². The first-order chi connectivity index (χ1) is 13.2. The lowest BCUT2D eigenvalue weighted by atomic mass is 10.1. The Balaban J connectivity index is 2.10. The minimum atomic E-state index is -3.44. The van der Waals surface area contributed by atoms with E-state index in [-0.39, 0.29) is 27.8 Å². The van der Waals surface area contributed by atoms with Gasteiger partial charge in [-0.15, -0.1) is 0 Å². The molecule has 0 atom stereocenters. The molecule has 1 aromatic heterocycles. The number of hydrogen-bond donors (Lipinski definition) is 2. The summed E-state index contributed by atoms with van der Waals surface area (Å²) < 4.78 is 24.9. The molecule has 28 heavy (non-hydrogen) atoms. The Hall–Kier alpha value is -3.13. The standard InChI is InChI=1S/C20H21N3O4S/c1-13(2)19-16(20(25)23(22-19)14-7-5-4-6-8-14)12-21-17-11-15(28(3,26)27)9-10-18(17)24/h4-13,22,24H,1-3H3. The number of para-hydroxylation sites is 1. The van der Waals surface area contributed by atoms with E-state index in [1.165, 1.54) is 29.1 Å². The highest BCUT2D eigenvalue weighted by atomic mass is 32.2. The maximum absolute atomic E-state index is 12.9. The van der Waals surface area contributed by atoms with Crippen molar-refractivity contribution in [3.8, 4) is 11.4 Å². The van der Waals surface area contributed by atoms with Crippen LogP contribution in [0.5, 0.6) is 5.75 Å². The molecule has 8 heteroatoms. The monoisotopic (exact) mass is 399 g/mol. The van der Waals surface area contributed by atoms with E-state index in [0.717, 1.165) is 6.26 Å². The van der Waals surface area contributed by atoms with Crippen LogP contribution in [0.15, 0.2) is 63.2 Å². The Bertz CT molecular complexity index is 1190. The van der Waals surface area contributed by atoms with Crippen molar-refractivity contribution in [1.29, 1.82) is 0 Å². The second-order valence-corrected chi connectivity index (χ2v) is 8.77. The van der Waals surface area contributed by atoms with E-state index in [9.17, 15) is 18.3 Å². The van der Waals surface area contributed by atoms with E-state index >= 15 is 0 Å². The summed E-state index contributed by atoms with van der Waals surface area (Å²) in [6.45, 7) is 3.89. The lowest BCUT2D eigenvalue weighted by Gasteiger charge is -2.04. The van der Waals surface area contributed by atoms with Gasteiger partial charge in [0, 0.05) is 18.2 Å². The molecule has 3 rings (SSSR count). The molecule has 0 spiro atoms. The number of aromatic amines is 1. The first kappa shape index (κ1) is 19.6. The van der Waals surface area contributed by atoms with Gasteiger partial charge in [-0.2, -0.15) is 0 Å². The second kappa shape index (κ2) is 7.47. The van der Waals surface area contributed by atoms with Gasteiger partial charge in [0.25, 0.3) is 5.56 Å². The molecule has 3 aromatic rings. The van der Waals surface area contributed by atoms with Crippen molar-refractivity contribution >= 4 is 21.7 Å². The lowest BCUT2D eigenvalue weighted by Crippen LogP contribution is -2.17.